The van der Waals surface area contributed by atoms with E-state index in [0.717, 1.165) is 0 Å². The number of carbonyl (C=O) groups excluding carboxylic acids is 2. The zero-order chi connectivity index (χ0) is 15.6. The number of morpholine rings is 1. The smallest absolute Gasteiger partial charge is 0.262 e. The first-order valence-electron chi connectivity index (χ1n) is 7.48. The van der Waals surface area contributed by atoms with Gasteiger partial charge in [0, 0.05) is 25.0 Å². The lowest BCUT2D eigenvalue weighted by Crippen LogP contribution is -2.58. The molecule has 0 saturated carbocycles. The molecule has 2 fully saturated rings. The van der Waals surface area contributed by atoms with Gasteiger partial charge in [-0.1, -0.05) is 0 Å². The van der Waals surface area contributed by atoms with E-state index in [1.807, 2.05) is 5.38 Å². The van der Waals surface area contributed by atoms with Crippen molar-refractivity contribution in [3.8, 4) is 0 Å². The van der Waals surface area contributed by atoms with Gasteiger partial charge in [-0.05, 0) is 24.3 Å². The molecule has 0 bridgehead atoms. The third-order valence-electron chi connectivity index (χ3n) is 4.18. The molecule has 0 N–H and O–H groups in total. The molecule has 2 saturated heterocycles. The second kappa shape index (κ2) is 6.34. The van der Waals surface area contributed by atoms with Gasteiger partial charge in [-0.2, -0.15) is 11.3 Å². The number of piperidine rings is 1. The molecule has 0 aromatic carbocycles. The summed E-state index contributed by atoms with van der Waals surface area (Å²) in [7, 11) is 0. The average molecular weight is 326 g/mol. The summed E-state index contributed by atoms with van der Waals surface area (Å²) >= 11 is 1.43. The molecule has 0 spiro atoms. The molecule has 0 unspecified atom stereocenters. The maximum Gasteiger partial charge on any atom is 0.262 e. The predicted octanol–water partition coefficient (Wildman–Crippen LogP) is 1.55. The van der Waals surface area contributed by atoms with Crippen molar-refractivity contribution in [3.05, 3.63) is 22.4 Å². The summed E-state index contributed by atoms with van der Waals surface area (Å²) < 4.78 is 20.4. The number of amides is 2. The summed E-state index contributed by atoms with van der Waals surface area (Å²) in [5, 5.41) is 3.57. The molecule has 1 aromatic rings. The second-order valence-electron chi connectivity index (χ2n) is 5.71. The highest BCUT2D eigenvalue weighted by Crippen LogP contribution is 2.29. The van der Waals surface area contributed by atoms with Crippen LogP contribution in [0.25, 0.3) is 0 Å². The topological polar surface area (TPSA) is 49.9 Å². The Morgan fingerprint density at radius 2 is 2.00 bits per heavy atom. The van der Waals surface area contributed by atoms with Gasteiger partial charge in [0.25, 0.3) is 11.8 Å². The van der Waals surface area contributed by atoms with E-state index in [1.165, 1.54) is 21.1 Å². The SMILES string of the molecule is O=C(c1ccsc1)N1CCC[C@@](F)(C(=O)N2CCOCC2)C1. The van der Waals surface area contributed by atoms with Gasteiger partial charge in [-0.25, -0.2) is 4.39 Å². The summed E-state index contributed by atoms with van der Waals surface area (Å²) in [6.07, 6.45) is 0.680. The van der Waals surface area contributed by atoms with Crippen molar-refractivity contribution in [2.24, 2.45) is 0 Å². The molecule has 0 radical (unpaired) electrons. The first kappa shape index (κ1) is 15.4. The van der Waals surface area contributed by atoms with Crippen molar-refractivity contribution in [2.45, 2.75) is 18.5 Å². The quantitative estimate of drug-likeness (QED) is 0.828. The Hall–Kier alpha value is -1.47. The number of likely N-dealkylation sites (tertiary alicyclic amines) is 1. The van der Waals surface area contributed by atoms with Crippen LogP contribution in [0.1, 0.15) is 23.2 Å². The summed E-state index contributed by atoms with van der Waals surface area (Å²) in [4.78, 5) is 27.8. The van der Waals surface area contributed by atoms with Gasteiger partial charge in [-0.15, -0.1) is 0 Å². The fourth-order valence-corrected chi connectivity index (χ4v) is 3.61. The lowest BCUT2D eigenvalue weighted by Gasteiger charge is -2.39. The number of halogens is 1. The Bertz CT molecular complexity index is 545. The number of hydrogen-bond acceptors (Lipinski definition) is 4. The van der Waals surface area contributed by atoms with Crippen molar-refractivity contribution in [3.63, 3.8) is 0 Å². The molecule has 7 heteroatoms. The van der Waals surface area contributed by atoms with Crippen molar-refractivity contribution < 1.29 is 18.7 Å². The van der Waals surface area contributed by atoms with E-state index < -0.39 is 11.6 Å². The summed E-state index contributed by atoms with van der Waals surface area (Å²) in [5.41, 5.74) is -1.41. The van der Waals surface area contributed by atoms with Gasteiger partial charge >= 0.3 is 0 Å². The third-order valence-corrected chi connectivity index (χ3v) is 4.86. The van der Waals surface area contributed by atoms with E-state index in [9.17, 15) is 9.59 Å². The highest BCUT2D eigenvalue weighted by molar-refractivity contribution is 7.08. The zero-order valence-electron chi connectivity index (χ0n) is 12.3. The van der Waals surface area contributed by atoms with Crippen molar-refractivity contribution in [2.75, 3.05) is 39.4 Å². The second-order valence-corrected chi connectivity index (χ2v) is 6.49. The Balaban J connectivity index is 1.70. The molecule has 0 aliphatic carbocycles. The van der Waals surface area contributed by atoms with E-state index >= 15 is 4.39 Å². The average Bonchev–Trinajstić information content (AvgIpc) is 3.09. The third kappa shape index (κ3) is 3.01. The highest BCUT2D eigenvalue weighted by atomic mass is 32.1. The van der Waals surface area contributed by atoms with Crippen LogP contribution in [0.2, 0.25) is 0 Å². The molecule has 5 nitrogen and oxygen atoms in total. The number of rotatable bonds is 2. The van der Waals surface area contributed by atoms with Gasteiger partial charge in [-0.3, -0.25) is 9.59 Å². The van der Waals surface area contributed by atoms with Crippen LogP contribution in [-0.2, 0) is 9.53 Å². The summed E-state index contributed by atoms with van der Waals surface area (Å²) in [6, 6.07) is 1.73. The standard InChI is InChI=1S/C15H19FN2O3S/c16-15(14(20)17-5-7-21-8-6-17)3-1-4-18(11-15)13(19)12-2-9-22-10-12/h2,9-10H,1,3-8,11H2/t15-/m0/s1. The lowest BCUT2D eigenvalue weighted by molar-refractivity contribution is -0.151. The van der Waals surface area contributed by atoms with Gasteiger partial charge < -0.3 is 14.5 Å². The predicted molar refractivity (Wildman–Crippen MR) is 80.7 cm³/mol. The molecule has 120 valence electrons. The van der Waals surface area contributed by atoms with E-state index in [1.54, 1.807) is 11.4 Å². The van der Waals surface area contributed by atoms with Crippen molar-refractivity contribution in [1.29, 1.82) is 0 Å². The fourth-order valence-electron chi connectivity index (χ4n) is 2.98. The van der Waals surface area contributed by atoms with Crippen molar-refractivity contribution in [1.82, 2.24) is 9.80 Å². The molecule has 1 atom stereocenters. The van der Waals surface area contributed by atoms with Crippen LogP contribution >= 0.6 is 11.3 Å². The van der Waals surface area contributed by atoms with Crippen LogP contribution < -0.4 is 0 Å². The molecular weight excluding hydrogens is 307 g/mol. The van der Waals surface area contributed by atoms with Crippen LogP contribution in [0.4, 0.5) is 4.39 Å². The number of carbonyl (C=O) groups is 2. The minimum Gasteiger partial charge on any atom is -0.378 e. The number of alkyl halides is 1. The normalized spacial score (nSPS) is 26.0. The van der Waals surface area contributed by atoms with Crippen LogP contribution in [0.3, 0.4) is 0 Å². The number of thiophene rings is 1. The number of hydrogen-bond donors (Lipinski definition) is 0. The van der Waals surface area contributed by atoms with E-state index in [4.69, 9.17) is 4.74 Å². The zero-order valence-corrected chi connectivity index (χ0v) is 13.1. The minimum absolute atomic E-state index is 0.155. The maximum absolute atomic E-state index is 15.2. The Morgan fingerprint density at radius 3 is 2.68 bits per heavy atom. The van der Waals surface area contributed by atoms with Crippen LogP contribution in [0, 0.1) is 0 Å². The van der Waals surface area contributed by atoms with Crippen molar-refractivity contribution >= 4 is 23.2 Å². The number of nitrogens with zero attached hydrogens (tertiary/aromatic N) is 2. The number of ether oxygens (including phenoxy) is 1. The largest absolute Gasteiger partial charge is 0.378 e. The first-order valence-corrected chi connectivity index (χ1v) is 8.42. The van der Waals surface area contributed by atoms with E-state index in [-0.39, 0.29) is 18.9 Å². The Kier molecular flexibility index (Phi) is 4.44. The molecule has 2 aliphatic rings. The minimum atomic E-state index is -1.97. The van der Waals surface area contributed by atoms with Crippen LogP contribution in [0.5, 0.6) is 0 Å². The fraction of sp³-hybridized carbons (Fsp3) is 0.600. The Labute approximate surface area is 132 Å². The highest BCUT2D eigenvalue weighted by Gasteiger charge is 2.46. The molecule has 22 heavy (non-hydrogen) atoms. The molecule has 3 heterocycles. The maximum atomic E-state index is 15.2. The Morgan fingerprint density at radius 1 is 1.23 bits per heavy atom. The van der Waals surface area contributed by atoms with E-state index in [0.29, 0.717) is 44.8 Å². The van der Waals surface area contributed by atoms with E-state index in [2.05, 4.69) is 0 Å². The molecule has 1 aromatic heterocycles. The van der Waals surface area contributed by atoms with Crippen LogP contribution in [-0.4, -0.2) is 66.7 Å². The summed E-state index contributed by atoms with van der Waals surface area (Å²) in [5.74, 6) is -0.698. The van der Waals surface area contributed by atoms with Gasteiger partial charge in [0.1, 0.15) is 0 Å². The molecule has 2 amide bonds. The van der Waals surface area contributed by atoms with Gasteiger partial charge in [0.15, 0.2) is 0 Å². The van der Waals surface area contributed by atoms with Gasteiger partial charge in [0.05, 0.1) is 25.3 Å². The van der Waals surface area contributed by atoms with Gasteiger partial charge in [0.2, 0.25) is 5.67 Å². The molecule has 2 aliphatic heterocycles. The van der Waals surface area contributed by atoms with Crippen LogP contribution in [0.15, 0.2) is 16.8 Å². The molecule has 3 rings (SSSR count). The summed E-state index contributed by atoms with van der Waals surface area (Å²) in [6.45, 7) is 2.07. The molecular formula is C15H19FN2O3S. The lowest BCUT2D eigenvalue weighted by atomic mass is 9.92. The first-order chi connectivity index (χ1) is 10.6. The monoisotopic (exact) mass is 326 g/mol.